The van der Waals surface area contributed by atoms with Crippen molar-refractivity contribution >= 4 is 17.7 Å². The van der Waals surface area contributed by atoms with E-state index < -0.39 is 0 Å². The Balaban J connectivity index is 1.85. The van der Waals surface area contributed by atoms with Crippen LogP contribution in [0.2, 0.25) is 0 Å². The molecule has 0 unspecified atom stereocenters. The third kappa shape index (κ3) is 4.69. The van der Waals surface area contributed by atoms with Gasteiger partial charge >= 0.3 is 6.09 Å². The predicted molar refractivity (Wildman–Crippen MR) is 88.6 cm³/mol. The lowest BCUT2D eigenvalue weighted by molar-refractivity contribution is -0.917. The van der Waals surface area contributed by atoms with Crippen molar-refractivity contribution in [3.05, 3.63) is 29.8 Å². The molecule has 0 radical (unpaired) electrons. The van der Waals surface area contributed by atoms with Crippen LogP contribution >= 0.6 is 0 Å². The Morgan fingerprint density at radius 2 is 2.04 bits per heavy atom. The number of hydrogen-bond donors (Lipinski definition) is 2. The van der Waals surface area contributed by atoms with E-state index in [-0.39, 0.29) is 18.0 Å². The van der Waals surface area contributed by atoms with Gasteiger partial charge in [-0.1, -0.05) is 12.1 Å². The molecule has 0 spiro atoms. The molecule has 1 fully saturated rings. The maximum absolute atomic E-state index is 12.4. The van der Waals surface area contributed by atoms with E-state index in [4.69, 9.17) is 4.74 Å². The molecule has 1 aliphatic heterocycles. The molecular formula is C17H26N3O3+. The van der Waals surface area contributed by atoms with E-state index in [0.717, 1.165) is 24.3 Å². The molecule has 0 saturated carbocycles. The molecule has 23 heavy (non-hydrogen) atoms. The summed E-state index contributed by atoms with van der Waals surface area (Å²) >= 11 is 0. The number of carbonyl (C=O) groups is 2. The number of aryl methyl sites for hydroxylation is 1. The first kappa shape index (κ1) is 17.3. The topological polar surface area (TPSA) is 63.1 Å². The Labute approximate surface area is 137 Å². The molecule has 1 aromatic rings. The van der Waals surface area contributed by atoms with E-state index in [1.54, 1.807) is 11.8 Å². The Kier molecular flexibility index (Phi) is 5.98. The average Bonchev–Trinajstić information content (AvgIpc) is 2.54. The summed E-state index contributed by atoms with van der Waals surface area (Å²) in [6, 6.07) is 7.63. The molecule has 0 aliphatic carbocycles. The van der Waals surface area contributed by atoms with E-state index in [1.165, 1.54) is 4.90 Å². The maximum atomic E-state index is 12.4. The van der Waals surface area contributed by atoms with Crippen LogP contribution in [0.25, 0.3) is 0 Å². The number of piperazine rings is 1. The number of rotatable bonds is 4. The van der Waals surface area contributed by atoms with E-state index in [1.807, 2.05) is 38.1 Å². The number of nitrogens with one attached hydrogen (secondary N) is 2. The van der Waals surface area contributed by atoms with Crippen LogP contribution in [-0.4, -0.2) is 55.7 Å². The molecular weight excluding hydrogens is 294 g/mol. The van der Waals surface area contributed by atoms with Crippen LogP contribution in [0.4, 0.5) is 10.5 Å². The minimum absolute atomic E-state index is 0.00943. The monoisotopic (exact) mass is 320 g/mol. The highest BCUT2D eigenvalue weighted by Gasteiger charge is 2.31. The van der Waals surface area contributed by atoms with Gasteiger partial charge in [0.15, 0.2) is 6.04 Å². The Morgan fingerprint density at radius 3 is 2.65 bits per heavy atom. The Hall–Kier alpha value is -2.08. The van der Waals surface area contributed by atoms with Crippen LogP contribution in [0.1, 0.15) is 19.4 Å². The molecule has 1 atom stereocenters. The van der Waals surface area contributed by atoms with Crippen molar-refractivity contribution in [3.8, 4) is 0 Å². The van der Waals surface area contributed by atoms with E-state index in [2.05, 4.69) is 5.32 Å². The average molecular weight is 320 g/mol. The summed E-state index contributed by atoms with van der Waals surface area (Å²) in [4.78, 5) is 27.0. The van der Waals surface area contributed by atoms with Gasteiger partial charge in [0.05, 0.1) is 32.8 Å². The number of anilines is 1. The number of amides is 2. The van der Waals surface area contributed by atoms with Gasteiger partial charge in [-0.2, -0.15) is 0 Å². The highest BCUT2D eigenvalue weighted by Crippen LogP contribution is 2.09. The summed E-state index contributed by atoms with van der Waals surface area (Å²) in [5.74, 6) is 0.00943. The lowest BCUT2D eigenvalue weighted by Gasteiger charge is -2.34. The molecule has 2 amide bonds. The minimum Gasteiger partial charge on any atom is -0.450 e. The second-order valence-corrected chi connectivity index (χ2v) is 5.92. The number of ether oxygens (including phenoxy) is 1. The molecule has 6 heteroatoms. The summed E-state index contributed by atoms with van der Waals surface area (Å²) in [5, 5.41) is 2.97. The van der Waals surface area contributed by atoms with Crippen molar-refractivity contribution in [1.29, 1.82) is 0 Å². The van der Waals surface area contributed by atoms with Crippen molar-refractivity contribution in [3.63, 3.8) is 0 Å². The van der Waals surface area contributed by atoms with Gasteiger partial charge in [-0.3, -0.25) is 9.69 Å². The van der Waals surface area contributed by atoms with E-state index in [0.29, 0.717) is 19.7 Å². The van der Waals surface area contributed by atoms with Crippen molar-refractivity contribution in [1.82, 2.24) is 4.90 Å². The Morgan fingerprint density at radius 1 is 1.35 bits per heavy atom. The first-order chi connectivity index (χ1) is 11.0. The molecule has 1 aliphatic rings. The fourth-order valence-corrected chi connectivity index (χ4v) is 2.78. The molecule has 1 saturated heterocycles. The first-order valence-electron chi connectivity index (χ1n) is 8.15. The third-order valence-electron chi connectivity index (χ3n) is 4.22. The van der Waals surface area contributed by atoms with Gasteiger partial charge in [0, 0.05) is 5.69 Å². The second-order valence-electron chi connectivity index (χ2n) is 5.92. The highest BCUT2D eigenvalue weighted by molar-refractivity contribution is 5.93. The summed E-state index contributed by atoms with van der Waals surface area (Å²) < 4.78 is 5.01. The van der Waals surface area contributed by atoms with Crippen LogP contribution < -0.4 is 10.2 Å². The van der Waals surface area contributed by atoms with Gasteiger partial charge in [0.1, 0.15) is 0 Å². The van der Waals surface area contributed by atoms with Gasteiger partial charge in [-0.25, -0.2) is 4.79 Å². The number of nitrogens with zero attached hydrogens (tertiary/aromatic N) is 1. The van der Waals surface area contributed by atoms with Crippen LogP contribution in [-0.2, 0) is 9.53 Å². The van der Waals surface area contributed by atoms with Crippen LogP contribution in [0.15, 0.2) is 24.3 Å². The number of quaternary nitrogens is 1. The molecule has 126 valence electrons. The van der Waals surface area contributed by atoms with E-state index >= 15 is 0 Å². The molecule has 2 rings (SSSR count). The van der Waals surface area contributed by atoms with E-state index in [9.17, 15) is 9.59 Å². The lowest BCUT2D eigenvalue weighted by Crippen LogP contribution is -3.19. The second kappa shape index (κ2) is 7.97. The van der Waals surface area contributed by atoms with Crippen LogP contribution in [0, 0.1) is 6.92 Å². The quantitative estimate of drug-likeness (QED) is 0.857. The van der Waals surface area contributed by atoms with Gasteiger partial charge < -0.3 is 15.0 Å². The lowest BCUT2D eigenvalue weighted by atomic mass is 10.2. The molecule has 0 bridgehead atoms. The summed E-state index contributed by atoms with van der Waals surface area (Å²) in [6.07, 6.45) is -0.261. The van der Waals surface area contributed by atoms with Crippen LogP contribution in [0.5, 0.6) is 0 Å². The predicted octanol–water partition coefficient (Wildman–Crippen LogP) is 0.679. The summed E-state index contributed by atoms with van der Waals surface area (Å²) in [7, 11) is 0. The number of carbonyl (C=O) groups excluding carboxylic acids is 2. The normalized spacial score (nSPS) is 16.7. The Bertz CT molecular complexity index is 554. The zero-order chi connectivity index (χ0) is 16.8. The SMILES string of the molecule is CCOC(=O)N1CC[NH+]([C@H](C)C(=O)Nc2cccc(C)c2)CC1. The zero-order valence-electron chi connectivity index (χ0n) is 14.1. The molecule has 2 N–H and O–H groups in total. The fraction of sp³-hybridized carbons (Fsp3) is 0.529. The number of hydrogen-bond acceptors (Lipinski definition) is 3. The zero-order valence-corrected chi connectivity index (χ0v) is 14.1. The highest BCUT2D eigenvalue weighted by atomic mass is 16.6. The van der Waals surface area contributed by atoms with Gasteiger partial charge in [0.2, 0.25) is 0 Å². The fourth-order valence-electron chi connectivity index (χ4n) is 2.78. The largest absolute Gasteiger partial charge is 0.450 e. The van der Waals surface area contributed by atoms with Crippen molar-refractivity contribution in [2.75, 3.05) is 38.1 Å². The molecule has 1 heterocycles. The molecule has 1 aromatic carbocycles. The van der Waals surface area contributed by atoms with Crippen molar-refractivity contribution < 1.29 is 19.2 Å². The van der Waals surface area contributed by atoms with Gasteiger partial charge in [-0.15, -0.1) is 0 Å². The number of benzene rings is 1. The van der Waals surface area contributed by atoms with Crippen molar-refractivity contribution in [2.45, 2.75) is 26.8 Å². The smallest absolute Gasteiger partial charge is 0.410 e. The van der Waals surface area contributed by atoms with Crippen molar-refractivity contribution in [2.24, 2.45) is 0 Å². The maximum Gasteiger partial charge on any atom is 0.410 e. The molecule has 6 nitrogen and oxygen atoms in total. The van der Waals surface area contributed by atoms with Gasteiger partial charge in [0.25, 0.3) is 5.91 Å². The summed E-state index contributed by atoms with van der Waals surface area (Å²) in [5.41, 5.74) is 1.94. The van der Waals surface area contributed by atoms with Gasteiger partial charge in [-0.05, 0) is 38.5 Å². The minimum atomic E-state index is -0.261. The first-order valence-corrected chi connectivity index (χ1v) is 8.15. The standard InChI is InChI=1S/C17H25N3O3/c1-4-23-17(22)20-10-8-19(9-11-20)14(3)16(21)18-15-7-5-6-13(2)12-15/h5-7,12,14H,4,8-11H2,1-3H3,(H,18,21)/p+1/t14-/m1/s1. The van der Waals surface area contributed by atoms with Crippen LogP contribution in [0.3, 0.4) is 0 Å². The molecule has 0 aromatic heterocycles. The summed E-state index contributed by atoms with van der Waals surface area (Å²) in [6.45, 7) is 8.87. The third-order valence-corrected chi connectivity index (χ3v) is 4.22.